The standard InChI is InChI=1S/C16H19FN4O3.ClH/c17-14-2-1-13(7-11(14)10-22)21-9-12(19-20-21)8-16(15(23)24)3-5-18-6-4-16;/h1-2,7,9,18,22H,3-6,8,10H2,(H,23,24);1H. The Morgan fingerprint density at radius 3 is 2.72 bits per heavy atom. The molecular weight excluding hydrogens is 351 g/mol. The monoisotopic (exact) mass is 370 g/mol. The molecule has 0 unspecified atom stereocenters. The zero-order valence-corrected chi connectivity index (χ0v) is 14.3. The molecule has 1 aliphatic rings. The number of hydrogen-bond acceptors (Lipinski definition) is 5. The molecule has 0 atom stereocenters. The summed E-state index contributed by atoms with van der Waals surface area (Å²) < 4.78 is 14.9. The van der Waals surface area contributed by atoms with Crippen molar-refractivity contribution in [2.24, 2.45) is 5.41 Å². The summed E-state index contributed by atoms with van der Waals surface area (Å²) in [6.45, 7) is 0.923. The van der Waals surface area contributed by atoms with Crippen LogP contribution in [0.5, 0.6) is 0 Å². The van der Waals surface area contributed by atoms with Gasteiger partial charge in [-0.3, -0.25) is 4.79 Å². The molecule has 3 rings (SSSR count). The molecule has 1 aromatic heterocycles. The molecule has 2 aromatic rings. The van der Waals surface area contributed by atoms with E-state index < -0.39 is 23.8 Å². The van der Waals surface area contributed by atoms with E-state index >= 15 is 0 Å². The maximum absolute atomic E-state index is 13.5. The minimum atomic E-state index is -0.828. The number of hydrogen-bond donors (Lipinski definition) is 3. The van der Waals surface area contributed by atoms with E-state index in [0.29, 0.717) is 43.7 Å². The minimum Gasteiger partial charge on any atom is -0.481 e. The predicted molar refractivity (Wildman–Crippen MR) is 90.4 cm³/mol. The molecule has 0 amide bonds. The molecule has 0 radical (unpaired) electrons. The SMILES string of the molecule is Cl.O=C(O)C1(Cc2cn(-c3ccc(F)c(CO)c3)nn2)CCNCC1. The molecule has 0 bridgehead atoms. The predicted octanol–water partition coefficient (Wildman–Crippen LogP) is 1.32. The molecule has 136 valence electrons. The highest BCUT2D eigenvalue weighted by atomic mass is 35.5. The second-order valence-corrected chi connectivity index (χ2v) is 6.10. The first-order valence-electron chi connectivity index (χ1n) is 7.79. The van der Waals surface area contributed by atoms with Crippen molar-refractivity contribution in [1.82, 2.24) is 20.3 Å². The lowest BCUT2D eigenvalue weighted by Gasteiger charge is -2.32. The summed E-state index contributed by atoms with van der Waals surface area (Å²) in [7, 11) is 0. The van der Waals surface area contributed by atoms with Crippen molar-refractivity contribution >= 4 is 18.4 Å². The van der Waals surface area contributed by atoms with Crippen molar-refractivity contribution < 1.29 is 19.4 Å². The fourth-order valence-corrected chi connectivity index (χ4v) is 3.05. The highest BCUT2D eigenvalue weighted by molar-refractivity contribution is 5.85. The third kappa shape index (κ3) is 3.97. The van der Waals surface area contributed by atoms with Gasteiger partial charge in [0, 0.05) is 12.0 Å². The molecule has 0 aliphatic carbocycles. The quantitative estimate of drug-likeness (QED) is 0.734. The van der Waals surface area contributed by atoms with E-state index in [1.54, 1.807) is 6.20 Å². The van der Waals surface area contributed by atoms with Crippen LogP contribution in [0.4, 0.5) is 4.39 Å². The number of carboxylic acid groups (broad SMARTS) is 1. The fraction of sp³-hybridized carbons (Fsp3) is 0.438. The second kappa shape index (κ2) is 7.90. The summed E-state index contributed by atoms with van der Waals surface area (Å²) in [4.78, 5) is 11.7. The van der Waals surface area contributed by atoms with Crippen LogP contribution in [0.25, 0.3) is 5.69 Å². The van der Waals surface area contributed by atoms with Gasteiger partial charge in [0.1, 0.15) is 5.82 Å². The van der Waals surface area contributed by atoms with Gasteiger partial charge in [-0.2, -0.15) is 0 Å². The molecule has 1 aliphatic heterocycles. The summed E-state index contributed by atoms with van der Waals surface area (Å²) in [5.41, 5.74) is 0.485. The lowest BCUT2D eigenvalue weighted by atomic mass is 9.75. The zero-order valence-electron chi connectivity index (χ0n) is 13.5. The van der Waals surface area contributed by atoms with Gasteiger partial charge < -0.3 is 15.5 Å². The Morgan fingerprint density at radius 1 is 1.36 bits per heavy atom. The minimum absolute atomic E-state index is 0. The largest absolute Gasteiger partial charge is 0.481 e. The van der Waals surface area contributed by atoms with Crippen LogP contribution in [-0.4, -0.2) is 44.3 Å². The molecule has 0 spiro atoms. The van der Waals surface area contributed by atoms with Gasteiger partial charge in [-0.1, -0.05) is 5.21 Å². The topological polar surface area (TPSA) is 100 Å². The Bertz CT molecular complexity index is 747. The highest BCUT2D eigenvalue weighted by Crippen LogP contribution is 2.32. The maximum atomic E-state index is 13.5. The Balaban J connectivity index is 0.00000225. The number of aromatic nitrogens is 3. The van der Waals surface area contributed by atoms with E-state index in [0.717, 1.165) is 0 Å². The van der Waals surface area contributed by atoms with Crippen LogP contribution in [0.15, 0.2) is 24.4 Å². The summed E-state index contributed by atoms with van der Waals surface area (Å²) in [5, 5.41) is 30.0. The molecule has 1 saturated heterocycles. The van der Waals surface area contributed by atoms with Gasteiger partial charge in [0.15, 0.2) is 0 Å². The third-order valence-electron chi connectivity index (χ3n) is 4.54. The summed E-state index contributed by atoms with van der Waals surface area (Å²) in [6.07, 6.45) is 3.04. The maximum Gasteiger partial charge on any atom is 0.310 e. The fourth-order valence-electron chi connectivity index (χ4n) is 3.05. The van der Waals surface area contributed by atoms with Gasteiger partial charge >= 0.3 is 5.97 Å². The lowest BCUT2D eigenvalue weighted by Crippen LogP contribution is -2.43. The summed E-state index contributed by atoms with van der Waals surface area (Å²) >= 11 is 0. The Hall–Kier alpha value is -2.03. The number of aliphatic hydroxyl groups excluding tert-OH is 1. The van der Waals surface area contributed by atoms with Crippen molar-refractivity contribution in [3.05, 3.63) is 41.5 Å². The molecule has 2 heterocycles. The van der Waals surface area contributed by atoms with Crippen molar-refractivity contribution in [2.45, 2.75) is 25.9 Å². The lowest BCUT2D eigenvalue weighted by molar-refractivity contribution is -0.150. The van der Waals surface area contributed by atoms with E-state index in [-0.39, 0.29) is 18.0 Å². The van der Waals surface area contributed by atoms with Crippen LogP contribution in [-0.2, 0) is 17.8 Å². The smallest absolute Gasteiger partial charge is 0.310 e. The van der Waals surface area contributed by atoms with Gasteiger partial charge in [0.25, 0.3) is 0 Å². The van der Waals surface area contributed by atoms with Gasteiger partial charge in [-0.05, 0) is 44.1 Å². The van der Waals surface area contributed by atoms with E-state index in [2.05, 4.69) is 15.6 Å². The number of piperidine rings is 1. The van der Waals surface area contributed by atoms with Gasteiger partial charge in [0.2, 0.25) is 0 Å². The van der Waals surface area contributed by atoms with Crippen LogP contribution in [0.2, 0.25) is 0 Å². The summed E-state index contributed by atoms with van der Waals surface area (Å²) in [5.74, 6) is -1.30. The van der Waals surface area contributed by atoms with Crippen LogP contribution in [0.1, 0.15) is 24.1 Å². The number of rotatable bonds is 5. The first-order valence-corrected chi connectivity index (χ1v) is 7.79. The van der Waals surface area contributed by atoms with Gasteiger partial charge in [-0.25, -0.2) is 9.07 Å². The molecule has 7 nitrogen and oxygen atoms in total. The Morgan fingerprint density at radius 2 is 2.08 bits per heavy atom. The van der Waals surface area contributed by atoms with E-state index in [9.17, 15) is 14.3 Å². The van der Waals surface area contributed by atoms with Crippen LogP contribution in [0.3, 0.4) is 0 Å². The molecule has 25 heavy (non-hydrogen) atoms. The van der Waals surface area contributed by atoms with E-state index in [4.69, 9.17) is 5.11 Å². The first kappa shape index (κ1) is 19.3. The molecular formula is C16H20ClFN4O3. The Labute approximate surface area is 150 Å². The normalized spacial score (nSPS) is 16.2. The number of aliphatic carboxylic acids is 1. The Kier molecular flexibility index (Phi) is 6.10. The number of carboxylic acids is 1. The average molecular weight is 371 g/mol. The number of aliphatic hydroxyl groups is 1. The van der Waals surface area contributed by atoms with Crippen molar-refractivity contribution in [2.75, 3.05) is 13.1 Å². The van der Waals surface area contributed by atoms with Gasteiger partial charge in [0.05, 0.1) is 29.6 Å². The van der Waals surface area contributed by atoms with Gasteiger partial charge in [-0.15, -0.1) is 17.5 Å². The van der Waals surface area contributed by atoms with Crippen LogP contribution in [0, 0.1) is 11.2 Å². The van der Waals surface area contributed by atoms with Crippen molar-refractivity contribution in [3.63, 3.8) is 0 Å². The first-order chi connectivity index (χ1) is 11.5. The number of halogens is 2. The van der Waals surface area contributed by atoms with Crippen LogP contribution < -0.4 is 5.32 Å². The number of benzene rings is 1. The third-order valence-corrected chi connectivity index (χ3v) is 4.54. The average Bonchev–Trinajstić information content (AvgIpc) is 3.04. The summed E-state index contributed by atoms with van der Waals surface area (Å²) in [6, 6.07) is 4.28. The molecule has 1 fully saturated rings. The molecule has 0 saturated carbocycles. The second-order valence-electron chi connectivity index (χ2n) is 6.10. The molecule has 9 heteroatoms. The zero-order chi connectivity index (χ0) is 17.2. The van der Waals surface area contributed by atoms with Crippen molar-refractivity contribution in [3.8, 4) is 5.69 Å². The van der Waals surface area contributed by atoms with Crippen molar-refractivity contribution in [1.29, 1.82) is 0 Å². The van der Waals surface area contributed by atoms with E-state index in [1.807, 2.05) is 0 Å². The molecule has 3 N–H and O–H groups in total. The number of nitrogens with zero attached hydrogens (tertiary/aromatic N) is 3. The molecule has 1 aromatic carbocycles. The number of carbonyl (C=O) groups is 1. The highest BCUT2D eigenvalue weighted by Gasteiger charge is 2.40. The number of nitrogens with one attached hydrogen (secondary N) is 1. The van der Waals surface area contributed by atoms with Crippen LogP contribution >= 0.6 is 12.4 Å². The van der Waals surface area contributed by atoms with E-state index in [1.165, 1.54) is 22.9 Å².